The molecule has 0 atom stereocenters. The molecule has 2 N–H and O–H groups in total. The summed E-state index contributed by atoms with van der Waals surface area (Å²) in [6.45, 7) is 3.04. The minimum atomic E-state index is -4.50. The van der Waals surface area contributed by atoms with Crippen LogP contribution in [0, 0.1) is 13.8 Å². The molecule has 0 saturated heterocycles. The SMILES string of the molecule is Cc1c(C(F)(F)F)nc2c(C)ccc(Br)c2c1N. The lowest BCUT2D eigenvalue weighted by Gasteiger charge is -2.15. The van der Waals surface area contributed by atoms with Gasteiger partial charge < -0.3 is 5.73 Å². The molecule has 6 heteroatoms. The van der Waals surface area contributed by atoms with E-state index in [9.17, 15) is 13.2 Å². The number of rotatable bonds is 0. The molecule has 18 heavy (non-hydrogen) atoms. The summed E-state index contributed by atoms with van der Waals surface area (Å²) in [4.78, 5) is 3.73. The van der Waals surface area contributed by atoms with Gasteiger partial charge in [-0.15, -0.1) is 0 Å². The number of pyridine rings is 1. The van der Waals surface area contributed by atoms with Crippen LogP contribution in [0.25, 0.3) is 10.9 Å². The molecule has 2 nitrogen and oxygen atoms in total. The lowest BCUT2D eigenvalue weighted by atomic mass is 10.0. The van der Waals surface area contributed by atoms with Crippen LogP contribution in [0.4, 0.5) is 18.9 Å². The van der Waals surface area contributed by atoms with Crippen molar-refractivity contribution in [1.82, 2.24) is 4.98 Å². The Labute approximate surface area is 110 Å². The van der Waals surface area contributed by atoms with E-state index in [-0.39, 0.29) is 16.8 Å². The maximum atomic E-state index is 12.9. The number of aryl methyl sites for hydroxylation is 1. The Bertz CT molecular complexity index is 635. The average Bonchev–Trinajstić information content (AvgIpc) is 2.26. The Morgan fingerprint density at radius 2 is 1.83 bits per heavy atom. The number of halogens is 4. The Balaban J connectivity index is 2.97. The summed E-state index contributed by atoms with van der Waals surface area (Å²) >= 11 is 3.29. The third-order valence-corrected chi connectivity index (χ3v) is 3.51. The van der Waals surface area contributed by atoms with Gasteiger partial charge in [0.25, 0.3) is 0 Å². The van der Waals surface area contributed by atoms with Gasteiger partial charge in [0.05, 0.1) is 5.52 Å². The maximum Gasteiger partial charge on any atom is 0.433 e. The van der Waals surface area contributed by atoms with Crippen LogP contribution in [-0.4, -0.2) is 4.98 Å². The van der Waals surface area contributed by atoms with E-state index in [1.54, 1.807) is 19.1 Å². The Kier molecular flexibility index (Phi) is 3.01. The molecule has 0 saturated carbocycles. The molecular weight excluding hydrogens is 309 g/mol. The highest BCUT2D eigenvalue weighted by Gasteiger charge is 2.36. The third kappa shape index (κ3) is 1.94. The van der Waals surface area contributed by atoms with Gasteiger partial charge in [-0.05, 0) is 25.5 Å². The van der Waals surface area contributed by atoms with Gasteiger partial charge in [0, 0.05) is 21.1 Å². The van der Waals surface area contributed by atoms with Crippen molar-refractivity contribution < 1.29 is 13.2 Å². The smallest absolute Gasteiger partial charge is 0.398 e. The highest BCUT2D eigenvalue weighted by atomic mass is 79.9. The number of nitrogen functional groups attached to an aromatic ring is 1. The molecule has 0 bridgehead atoms. The normalized spacial score (nSPS) is 12.1. The number of nitrogens with two attached hydrogens (primary N) is 1. The highest BCUT2D eigenvalue weighted by Crippen LogP contribution is 2.38. The second-order valence-corrected chi connectivity index (χ2v) is 4.94. The summed E-state index contributed by atoms with van der Waals surface area (Å²) in [6, 6.07) is 3.46. The summed E-state index contributed by atoms with van der Waals surface area (Å²) < 4.78 is 39.2. The molecular formula is C12H10BrF3N2. The molecule has 0 fully saturated rings. The van der Waals surface area contributed by atoms with Crippen LogP contribution < -0.4 is 5.73 Å². The van der Waals surface area contributed by atoms with Crippen LogP contribution in [0.5, 0.6) is 0 Å². The number of hydrogen-bond acceptors (Lipinski definition) is 2. The monoisotopic (exact) mass is 318 g/mol. The van der Waals surface area contributed by atoms with Crippen molar-refractivity contribution in [2.75, 3.05) is 5.73 Å². The Morgan fingerprint density at radius 1 is 1.22 bits per heavy atom. The number of fused-ring (bicyclic) bond motifs is 1. The summed E-state index contributed by atoms with van der Waals surface area (Å²) in [5, 5.41) is 0.528. The van der Waals surface area contributed by atoms with Crippen LogP contribution in [0.15, 0.2) is 16.6 Å². The first kappa shape index (κ1) is 13.1. The quantitative estimate of drug-likeness (QED) is 0.790. The number of hydrogen-bond donors (Lipinski definition) is 1. The molecule has 1 aromatic heterocycles. The minimum absolute atomic E-state index is 0.0405. The van der Waals surface area contributed by atoms with Gasteiger partial charge in [-0.3, -0.25) is 0 Å². The van der Waals surface area contributed by atoms with Crippen LogP contribution in [0.3, 0.4) is 0 Å². The zero-order valence-corrected chi connectivity index (χ0v) is 11.3. The lowest BCUT2D eigenvalue weighted by Crippen LogP contribution is -2.13. The van der Waals surface area contributed by atoms with Crippen molar-refractivity contribution in [3.05, 3.63) is 33.4 Å². The molecule has 2 rings (SSSR count). The largest absolute Gasteiger partial charge is 0.433 e. The summed E-state index contributed by atoms with van der Waals surface area (Å²) in [5.74, 6) is 0. The molecule has 0 radical (unpaired) electrons. The van der Waals surface area contributed by atoms with Crippen molar-refractivity contribution in [3.8, 4) is 0 Å². The number of aromatic nitrogens is 1. The van der Waals surface area contributed by atoms with Gasteiger partial charge in [0.2, 0.25) is 0 Å². The van der Waals surface area contributed by atoms with E-state index in [0.29, 0.717) is 15.4 Å². The topological polar surface area (TPSA) is 38.9 Å². The number of alkyl halides is 3. The molecule has 2 aromatic rings. The first-order valence-electron chi connectivity index (χ1n) is 5.15. The van der Waals surface area contributed by atoms with E-state index in [0.717, 1.165) is 0 Å². The standard InChI is InChI=1S/C12H10BrF3N2/c1-5-3-4-7(13)8-9(17)6(2)11(12(14,15)16)18-10(5)8/h3-4H,1-2H3,(H2,17,18). The molecule has 1 heterocycles. The van der Waals surface area contributed by atoms with Gasteiger partial charge in [0.15, 0.2) is 0 Å². The maximum absolute atomic E-state index is 12.9. The Morgan fingerprint density at radius 3 is 2.39 bits per heavy atom. The molecule has 0 aliphatic carbocycles. The summed E-state index contributed by atoms with van der Waals surface area (Å²) in [5.41, 5.74) is 5.90. The van der Waals surface area contributed by atoms with Gasteiger partial charge in [-0.1, -0.05) is 22.0 Å². The van der Waals surface area contributed by atoms with Gasteiger partial charge in [0.1, 0.15) is 5.69 Å². The second kappa shape index (κ2) is 4.12. The molecule has 1 aromatic carbocycles. The summed E-state index contributed by atoms with van der Waals surface area (Å²) in [6.07, 6.45) is -4.50. The van der Waals surface area contributed by atoms with Crippen LogP contribution in [0.2, 0.25) is 0 Å². The first-order chi connectivity index (χ1) is 8.23. The van der Waals surface area contributed by atoms with E-state index in [4.69, 9.17) is 5.73 Å². The van der Waals surface area contributed by atoms with E-state index in [1.165, 1.54) is 6.92 Å². The van der Waals surface area contributed by atoms with E-state index in [1.807, 2.05) is 0 Å². The van der Waals surface area contributed by atoms with Crippen LogP contribution in [0.1, 0.15) is 16.8 Å². The van der Waals surface area contributed by atoms with E-state index >= 15 is 0 Å². The van der Waals surface area contributed by atoms with Gasteiger partial charge >= 0.3 is 6.18 Å². The van der Waals surface area contributed by atoms with Gasteiger partial charge in [-0.25, -0.2) is 4.98 Å². The van der Waals surface area contributed by atoms with Crippen LogP contribution >= 0.6 is 15.9 Å². The number of benzene rings is 1. The van der Waals surface area contributed by atoms with Crippen molar-refractivity contribution in [1.29, 1.82) is 0 Å². The molecule has 0 aliphatic rings. The van der Waals surface area contributed by atoms with Crippen LogP contribution in [-0.2, 0) is 6.18 Å². The number of anilines is 1. The van der Waals surface area contributed by atoms with Crippen molar-refractivity contribution in [2.45, 2.75) is 20.0 Å². The lowest BCUT2D eigenvalue weighted by molar-refractivity contribution is -0.141. The minimum Gasteiger partial charge on any atom is -0.398 e. The zero-order valence-electron chi connectivity index (χ0n) is 9.69. The fraction of sp³-hybridized carbons (Fsp3) is 0.250. The van der Waals surface area contributed by atoms with Crippen molar-refractivity contribution in [2.24, 2.45) is 0 Å². The predicted octanol–water partition coefficient (Wildman–Crippen LogP) is 4.22. The molecule has 96 valence electrons. The number of nitrogens with zero attached hydrogens (tertiary/aromatic N) is 1. The van der Waals surface area contributed by atoms with Crippen molar-refractivity contribution in [3.63, 3.8) is 0 Å². The van der Waals surface area contributed by atoms with Gasteiger partial charge in [-0.2, -0.15) is 13.2 Å². The Hall–Kier alpha value is -1.30. The molecule has 0 spiro atoms. The second-order valence-electron chi connectivity index (χ2n) is 4.08. The summed E-state index contributed by atoms with van der Waals surface area (Å²) in [7, 11) is 0. The van der Waals surface area contributed by atoms with E-state index < -0.39 is 11.9 Å². The van der Waals surface area contributed by atoms with E-state index in [2.05, 4.69) is 20.9 Å². The predicted molar refractivity (Wildman–Crippen MR) is 68.3 cm³/mol. The molecule has 0 aliphatic heterocycles. The fourth-order valence-corrected chi connectivity index (χ4v) is 2.39. The zero-order chi connectivity index (χ0) is 13.7. The van der Waals surface area contributed by atoms with Crippen molar-refractivity contribution >= 4 is 32.5 Å². The first-order valence-corrected chi connectivity index (χ1v) is 5.95. The molecule has 0 unspecified atom stereocenters. The fourth-order valence-electron chi connectivity index (χ4n) is 1.86. The molecule has 0 amide bonds. The average molecular weight is 319 g/mol. The highest BCUT2D eigenvalue weighted by molar-refractivity contribution is 9.10. The third-order valence-electron chi connectivity index (χ3n) is 2.85.